The van der Waals surface area contributed by atoms with Crippen LogP contribution in [0.4, 0.5) is 0 Å². The zero-order valence-corrected chi connectivity index (χ0v) is 6.68. The van der Waals surface area contributed by atoms with Crippen molar-refractivity contribution < 1.29 is 4.79 Å². The number of carbonyl (C=O) groups excluding carboxylic acids is 1. The standard InChI is InChI=1S/C8H15NO/c1-3-6-9-7-4-5-8(2)10/h3,6,9H,4-5,7H2,1-2H3/b6-3-. The molecule has 0 amide bonds. The van der Waals surface area contributed by atoms with E-state index in [0.29, 0.717) is 6.42 Å². The van der Waals surface area contributed by atoms with Crippen LogP contribution >= 0.6 is 0 Å². The highest BCUT2D eigenvalue weighted by Crippen LogP contribution is 1.87. The molecule has 0 aromatic carbocycles. The van der Waals surface area contributed by atoms with Crippen LogP contribution in [0.3, 0.4) is 0 Å². The molecule has 58 valence electrons. The van der Waals surface area contributed by atoms with Crippen molar-refractivity contribution in [3.8, 4) is 0 Å². The van der Waals surface area contributed by atoms with Gasteiger partial charge in [-0.2, -0.15) is 0 Å². The summed E-state index contributed by atoms with van der Waals surface area (Å²) in [4.78, 5) is 10.4. The third kappa shape index (κ3) is 7.21. The largest absolute Gasteiger partial charge is 0.391 e. The van der Waals surface area contributed by atoms with E-state index in [9.17, 15) is 4.79 Å². The van der Waals surface area contributed by atoms with Crippen LogP contribution in [0, 0.1) is 0 Å². The molecule has 0 saturated carbocycles. The summed E-state index contributed by atoms with van der Waals surface area (Å²) in [5.74, 6) is 0.266. The fourth-order valence-electron chi connectivity index (χ4n) is 0.641. The summed E-state index contributed by atoms with van der Waals surface area (Å²) in [5, 5.41) is 3.06. The maximum atomic E-state index is 10.4. The first kappa shape index (κ1) is 9.21. The van der Waals surface area contributed by atoms with Crippen molar-refractivity contribution in [3.05, 3.63) is 12.3 Å². The van der Waals surface area contributed by atoms with E-state index in [4.69, 9.17) is 0 Å². The summed E-state index contributed by atoms with van der Waals surface area (Å²) in [7, 11) is 0. The Hall–Kier alpha value is -0.790. The molecule has 0 aliphatic heterocycles. The SMILES string of the molecule is C/C=C\NCCCC(C)=O. The minimum atomic E-state index is 0.266. The van der Waals surface area contributed by atoms with E-state index in [1.165, 1.54) is 0 Å². The average molecular weight is 141 g/mol. The monoisotopic (exact) mass is 141 g/mol. The van der Waals surface area contributed by atoms with Crippen LogP contribution in [0.2, 0.25) is 0 Å². The fourth-order valence-corrected chi connectivity index (χ4v) is 0.641. The molecule has 0 aliphatic rings. The van der Waals surface area contributed by atoms with Gasteiger partial charge in [-0.25, -0.2) is 0 Å². The lowest BCUT2D eigenvalue weighted by molar-refractivity contribution is -0.117. The van der Waals surface area contributed by atoms with Crippen molar-refractivity contribution in [1.82, 2.24) is 5.32 Å². The maximum absolute atomic E-state index is 10.4. The molecule has 0 heterocycles. The van der Waals surface area contributed by atoms with Crippen LogP contribution < -0.4 is 5.32 Å². The van der Waals surface area contributed by atoms with E-state index in [0.717, 1.165) is 13.0 Å². The van der Waals surface area contributed by atoms with Crippen LogP contribution in [-0.2, 0) is 4.79 Å². The molecule has 0 fully saturated rings. The molecule has 2 nitrogen and oxygen atoms in total. The van der Waals surface area contributed by atoms with E-state index in [-0.39, 0.29) is 5.78 Å². The van der Waals surface area contributed by atoms with Crippen LogP contribution in [0.1, 0.15) is 26.7 Å². The number of nitrogens with one attached hydrogen (secondary N) is 1. The van der Waals surface area contributed by atoms with Crippen molar-refractivity contribution in [1.29, 1.82) is 0 Å². The molecule has 0 aromatic heterocycles. The minimum Gasteiger partial charge on any atom is -0.391 e. The molecular weight excluding hydrogens is 126 g/mol. The van der Waals surface area contributed by atoms with Crippen LogP contribution in [0.15, 0.2) is 12.3 Å². The smallest absolute Gasteiger partial charge is 0.129 e. The predicted molar refractivity (Wildman–Crippen MR) is 42.7 cm³/mol. The van der Waals surface area contributed by atoms with Crippen molar-refractivity contribution in [2.75, 3.05) is 6.54 Å². The molecule has 0 aliphatic carbocycles. The molecule has 0 atom stereocenters. The third-order valence-corrected chi connectivity index (χ3v) is 1.13. The normalized spacial score (nSPS) is 10.2. The van der Waals surface area contributed by atoms with Gasteiger partial charge in [0, 0.05) is 13.0 Å². The minimum absolute atomic E-state index is 0.266. The Bertz CT molecular complexity index is 118. The quantitative estimate of drug-likeness (QED) is 0.587. The lowest BCUT2D eigenvalue weighted by Crippen LogP contribution is -2.07. The van der Waals surface area contributed by atoms with Crippen LogP contribution in [-0.4, -0.2) is 12.3 Å². The Morgan fingerprint density at radius 2 is 2.30 bits per heavy atom. The Morgan fingerprint density at radius 3 is 2.80 bits per heavy atom. The molecular formula is C8H15NO. The number of hydrogen-bond acceptors (Lipinski definition) is 2. The first-order chi connectivity index (χ1) is 4.77. The summed E-state index contributed by atoms with van der Waals surface area (Å²) in [5.41, 5.74) is 0. The summed E-state index contributed by atoms with van der Waals surface area (Å²) < 4.78 is 0. The number of hydrogen-bond donors (Lipinski definition) is 1. The van der Waals surface area contributed by atoms with E-state index in [2.05, 4.69) is 5.32 Å². The maximum Gasteiger partial charge on any atom is 0.129 e. The van der Waals surface area contributed by atoms with Crippen molar-refractivity contribution in [3.63, 3.8) is 0 Å². The zero-order chi connectivity index (χ0) is 7.82. The molecule has 10 heavy (non-hydrogen) atoms. The van der Waals surface area contributed by atoms with Gasteiger partial charge in [0.25, 0.3) is 0 Å². The van der Waals surface area contributed by atoms with Gasteiger partial charge in [0.05, 0.1) is 0 Å². The predicted octanol–water partition coefficient (Wildman–Crippen LogP) is 1.48. The summed E-state index contributed by atoms with van der Waals surface area (Å²) in [6, 6.07) is 0. The summed E-state index contributed by atoms with van der Waals surface area (Å²) in [6.07, 6.45) is 5.44. The number of allylic oxidation sites excluding steroid dienone is 1. The molecule has 0 radical (unpaired) electrons. The highest BCUT2D eigenvalue weighted by molar-refractivity contribution is 5.75. The topological polar surface area (TPSA) is 29.1 Å². The second-order valence-corrected chi connectivity index (χ2v) is 2.26. The highest BCUT2D eigenvalue weighted by Gasteiger charge is 1.89. The van der Waals surface area contributed by atoms with E-state index in [1.54, 1.807) is 6.92 Å². The zero-order valence-electron chi connectivity index (χ0n) is 6.68. The Labute approximate surface area is 62.3 Å². The van der Waals surface area contributed by atoms with Gasteiger partial charge in [-0.1, -0.05) is 6.08 Å². The molecule has 0 saturated heterocycles. The third-order valence-electron chi connectivity index (χ3n) is 1.13. The van der Waals surface area contributed by atoms with E-state index in [1.807, 2.05) is 19.2 Å². The first-order valence-corrected chi connectivity index (χ1v) is 3.61. The second-order valence-electron chi connectivity index (χ2n) is 2.26. The van der Waals surface area contributed by atoms with Crippen LogP contribution in [0.25, 0.3) is 0 Å². The number of carbonyl (C=O) groups is 1. The molecule has 0 bridgehead atoms. The lowest BCUT2D eigenvalue weighted by atomic mass is 10.2. The van der Waals surface area contributed by atoms with Gasteiger partial charge in [0.1, 0.15) is 5.78 Å². The van der Waals surface area contributed by atoms with Crippen LogP contribution in [0.5, 0.6) is 0 Å². The van der Waals surface area contributed by atoms with Crippen molar-refractivity contribution in [2.24, 2.45) is 0 Å². The molecule has 0 spiro atoms. The summed E-state index contributed by atoms with van der Waals surface area (Å²) >= 11 is 0. The number of rotatable bonds is 5. The van der Waals surface area contributed by atoms with Gasteiger partial charge >= 0.3 is 0 Å². The van der Waals surface area contributed by atoms with E-state index < -0.39 is 0 Å². The Morgan fingerprint density at radius 1 is 1.60 bits per heavy atom. The molecule has 1 N–H and O–H groups in total. The lowest BCUT2D eigenvalue weighted by Gasteiger charge is -1.96. The van der Waals surface area contributed by atoms with Gasteiger partial charge in [-0.3, -0.25) is 0 Å². The second kappa shape index (κ2) is 6.33. The number of ketones is 1. The van der Waals surface area contributed by atoms with Gasteiger partial charge in [-0.15, -0.1) is 0 Å². The van der Waals surface area contributed by atoms with Gasteiger partial charge in [-0.05, 0) is 26.5 Å². The highest BCUT2D eigenvalue weighted by atomic mass is 16.1. The Kier molecular flexibility index (Phi) is 5.83. The number of Topliss-reactive ketones (excluding diaryl/α,β-unsaturated/α-hetero) is 1. The van der Waals surface area contributed by atoms with E-state index >= 15 is 0 Å². The Balaban J connectivity index is 2.98. The molecule has 0 aromatic rings. The van der Waals surface area contributed by atoms with Crippen molar-refractivity contribution >= 4 is 5.78 Å². The van der Waals surface area contributed by atoms with Gasteiger partial charge in [0.2, 0.25) is 0 Å². The molecule has 0 rings (SSSR count). The fraction of sp³-hybridized carbons (Fsp3) is 0.625. The summed E-state index contributed by atoms with van der Waals surface area (Å²) in [6.45, 7) is 4.47. The molecule has 0 unspecified atom stereocenters. The van der Waals surface area contributed by atoms with Gasteiger partial charge < -0.3 is 10.1 Å². The first-order valence-electron chi connectivity index (χ1n) is 3.61. The molecule has 2 heteroatoms. The average Bonchev–Trinajstić information content (AvgIpc) is 1.87. The van der Waals surface area contributed by atoms with Gasteiger partial charge in [0.15, 0.2) is 0 Å². The van der Waals surface area contributed by atoms with Crippen molar-refractivity contribution in [2.45, 2.75) is 26.7 Å².